The maximum atomic E-state index is 11.5. The SMILES string of the molecule is COC(=O)C(O)C1CCN(c2cc(C#N)c3cc(Cl)ccc3n2)CC1. The number of aliphatic hydroxyl groups is 1. The first kappa shape index (κ1) is 17.5. The van der Waals surface area contributed by atoms with E-state index in [1.54, 1.807) is 24.3 Å². The van der Waals surface area contributed by atoms with Crippen molar-refractivity contribution in [2.24, 2.45) is 5.92 Å². The van der Waals surface area contributed by atoms with Crippen LogP contribution >= 0.6 is 11.6 Å². The lowest BCUT2D eigenvalue weighted by molar-refractivity contribution is -0.153. The second-order valence-corrected chi connectivity index (χ2v) is 6.53. The van der Waals surface area contributed by atoms with Crippen LogP contribution in [0.2, 0.25) is 5.02 Å². The number of nitrogens with zero attached hydrogens (tertiary/aromatic N) is 3. The van der Waals surface area contributed by atoms with Gasteiger partial charge in [0.2, 0.25) is 0 Å². The monoisotopic (exact) mass is 359 g/mol. The fourth-order valence-electron chi connectivity index (χ4n) is 3.20. The molecule has 1 aliphatic heterocycles. The molecule has 0 amide bonds. The molecule has 130 valence electrons. The van der Waals surface area contributed by atoms with Gasteiger partial charge in [-0.3, -0.25) is 0 Å². The third-order valence-electron chi connectivity index (χ3n) is 4.63. The average Bonchev–Trinajstić information content (AvgIpc) is 2.66. The van der Waals surface area contributed by atoms with E-state index >= 15 is 0 Å². The summed E-state index contributed by atoms with van der Waals surface area (Å²) in [6.07, 6.45) is 0.213. The van der Waals surface area contributed by atoms with Crippen LogP contribution in [0.25, 0.3) is 10.9 Å². The van der Waals surface area contributed by atoms with Crippen molar-refractivity contribution in [2.75, 3.05) is 25.1 Å². The Morgan fingerprint density at radius 1 is 1.44 bits per heavy atom. The molecule has 7 heteroatoms. The van der Waals surface area contributed by atoms with Gasteiger partial charge in [0.1, 0.15) is 5.82 Å². The highest BCUT2D eigenvalue weighted by Crippen LogP contribution is 2.29. The van der Waals surface area contributed by atoms with Gasteiger partial charge in [-0.15, -0.1) is 0 Å². The van der Waals surface area contributed by atoms with E-state index in [2.05, 4.69) is 20.7 Å². The molecule has 2 aromatic rings. The minimum Gasteiger partial charge on any atom is -0.467 e. The molecule has 0 aliphatic carbocycles. The lowest BCUT2D eigenvalue weighted by atomic mass is 9.91. The Bertz CT molecular complexity index is 841. The summed E-state index contributed by atoms with van der Waals surface area (Å²) in [4.78, 5) is 18.2. The van der Waals surface area contributed by atoms with Gasteiger partial charge in [0.15, 0.2) is 6.10 Å². The standard InChI is InChI=1S/C18H18ClN3O3/c1-25-18(24)17(23)11-4-6-22(7-5-11)16-8-12(10-20)14-9-13(19)2-3-15(14)21-16/h2-3,8-9,11,17,23H,4-7H2,1H3. The van der Waals surface area contributed by atoms with Crippen molar-refractivity contribution < 1.29 is 14.6 Å². The summed E-state index contributed by atoms with van der Waals surface area (Å²) in [7, 11) is 1.27. The van der Waals surface area contributed by atoms with E-state index in [-0.39, 0.29) is 5.92 Å². The number of rotatable bonds is 3. The lowest BCUT2D eigenvalue weighted by Crippen LogP contribution is -2.41. The number of pyridine rings is 1. The number of esters is 1. The lowest BCUT2D eigenvalue weighted by Gasteiger charge is -2.34. The zero-order valence-corrected chi connectivity index (χ0v) is 14.5. The van der Waals surface area contributed by atoms with Crippen molar-refractivity contribution in [1.82, 2.24) is 4.98 Å². The molecule has 1 unspecified atom stereocenters. The van der Waals surface area contributed by atoms with Crippen LogP contribution in [0.15, 0.2) is 24.3 Å². The molecule has 25 heavy (non-hydrogen) atoms. The second kappa shape index (κ2) is 7.26. The predicted octanol–water partition coefficient (Wildman–Crippen LogP) is 2.51. The molecule has 2 heterocycles. The minimum atomic E-state index is -1.09. The van der Waals surface area contributed by atoms with Crippen molar-refractivity contribution >= 4 is 34.3 Å². The Labute approximate surface area is 150 Å². The van der Waals surface area contributed by atoms with Crippen LogP contribution in [0.1, 0.15) is 18.4 Å². The fourth-order valence-corrected chi connectivity index (χ4v) is 3.37. The van der Waals surface area contributed by atoms with Crippen molar-refractivity contribution in [3.8, 4) is 6.07 Å². The molecule has 1 saturated heterocycles. The zero-order chi connectivity index (χ0) is 18.0. The molecule has 0 spiro atoms. The number of anilines is 1. The Morgan fingerprint density at radius 2 is 2.16 bits per heavy atom. The quantitative estimate of drug-likeness (QED) is 0.847. The van der Waals surface area contributed by atoms with Gasteiger partial charge in [-0.2, -0.15) is 5.26 Å². The summed E-state index contributed by atoms with van der Waals surface area (Å²) in [5, 5.41) is 20.7. The average molecular weight is 360 g/mol. The number of methoxy groups -OCH3 is 1. The van der Waals surface area contributed by atoms with Crippen LogP contribution in [0.3, 0.4) is 0 Å². The highest BCUT2D eigenvalue weighted by molar-refractivity contribution is 6.31. The number of nitriles is 1. The van der Waals surface area contributed by atoms with Gasteiger partial charge in [0, 0.05) is 23.5 Å². The fraction of sp³-hybridized carbons (Fsp3) is 0.389. The van der Waals surface area contributed by atoms with Crippen molar-refractivity contribution in [2.45, 2.75) is 18.9 Å². The molecule has 1 atom stereocenters. The van der Waals surface area contributed by atoms with Crippen LogP contribution in [0.5, 0.6) is 0 Å². The number of carbonyl (C=O) groups is 1. The number of halogens is 1. The molecule has 1 fully saturated rings. The summed E-state index contributed by atoms with van der Waals surface area (Å²) in [5.74, 6) is 0.00158. The molecule has 1 aromatic heterocycles. The normalized spacial score (nSPS) is 16.5. The molecule has 0 bridgehead atoms. The Kier molecular flexibility index (Phi) is 5.07. The van der Waals surface area contributed by atoms with E-state index in [1.807, 2.05) is 0 Å². The van der Waals surface area contributed by atoms with Gasteiger partial charge in [0.25, 0.3) is 0 Å². The third-order valence-corrected chi connectivity index (χ3v) is 4.87. The number of aromatic nitrogens is 1. The summed E-state index contributed by atoms with van der Waals surface area (Å²) in [6, 6.07) is 9.25. The molecule has 1 N–H and O–H groups in total. The van der Waals surface area contributed by atoms with Gasteiger partial charge in [0.05, 0.1) is 24.3 Å². The van der Waals surface area contributed by atoms with E-state index in [0.29, 0.717) is 36.5 Å². The van der Waals surface area contributed by atoms with Crippen LogP contribution < -0.4 is 4.90 Å². The van der Waals surface area contributed by atoms with E-state index in [1.165, 1.54) is 7.11 Å². The first-order valence-corrected chi connectivity index (χ1v) is 8.42. The van der Waals surface area contributed by atoms with Gasteiger partial charge in [-0.25, -0.2) is 9.78 Å². The number of ether oxygens (including phenoxy) is 1. The number of hydrogen-bond donors (Lipinski definition) is 1. The molecule has 1 aromatic carbocycles. The number of fused-ring (bicyclic) bond motifs is 1. The maximum absolute atomic E-state index is 11.5. The predicted molar refractivity (Wildman–Crippen MR) is 94.4 cm³/mol. The molecular weight excluding hydrogens is 342 g/mol. The molecule has 1 aliphatic rings. The van der Waals surface area contributed by atoms with Crippen LogP contribution in [0, 0.1) is 17.2 Å². The summed E-state index contributed by atoms with van der Waals surface area (Å²) in [6.45, 7) is 1.30. The molecule has 0 radical (unpaired) electrons. The summed E-state index contributed by atoms with van der Waals surface area (Å²) in [5.41, 5.74) is 1.24. The van der Waals surface area contributed by atoms with Gasteiger partial charge < -0.3 is 14.7 Å². The van der Waals surface area contributed by atoms with Gasteiger partial charge in [-0.1, -0.05) is 11.6 Å². The largest absolute Gasteiger partial charge is 0.467 e. The first-order chi connectivity index (χ1) is 12.0. The van der Waals surface area contributed by atoms with Crippen LogP contribution in [-0.2, 0) is 9.53 Å². The van der Waals surface area contributed by atoms with Gasteiger partial charge in [-0.05, 0) is 43.0 Å². The molecule has 3 rings (SSSR count). The van der Waals surface area contributed by atoms with Crippen molar-refractivity contribution in [3.63, 3.8) is 0 Å². The second-order valence-electron chi connectivity index (χ2n) is 6.09. The van der Waals surface area contributed by atoms with Crippen LogP contribution in [-0.4, -0.2) is 42.4 Å². The number of aliphatic hydroxyl groups excluding tert-OH is 1. The maximum Gasteiger partial charge on any atom is 0.334 e. The number of benzene rings is 1. The smallest absolute Gasteiger partial charge is 0.334 e. The Balaban J connectivity index is 1.81. The highest BCUT2D eigenvalue weighted by atomic mass is 35.5. The van der Waals surface area contributed by atoms with Gasteiger partial charge >= 0.3 is 5.97 Å². The van der Waals surface area contributed by atoms with Crippen molar-refractivity contribution in [3.05, 3.63) is 34.9 Å². The minimum absolute atomic E-state index is 0.126. The molecular formula is C18H18ClN3O3. The summed E-state index contributed by atoms with van der Waals surface area (Å²) >= 11 is 6.01. The first-order valence-electron chi connectivity index (χ1n) is 8.04. The number of piperidine rings is 1. The van der Waals surface area contributed by atoms with E-state index in [4.69, 9.17) is 11.6 Å². The highest BCUT2D eigenvalue weighted by Gasteiger charge is 2.31. The van der Waals surface area contributed by atoms with E-state index in [9.17, 15) is 15.2 Å². The topological polar surface area (TPSA) is 86.5 Å². The van der Waals surface area contributed by atoms with Crippen molar-refractivity contribution in [1.29, 1.82) is 5.26 Å². The van der Waals surface area contributed by atoms with E-state index in [0.717, 1.165) is 16.7 Å². The number of carbonyl (C=O) groups excluding carboxylic acids is 1. The molecule has 0 saturated carbocycles. The zero-order valence-electron chi connectivity index (χ0n) is 13.8. The Morgan fingerprint density at radius 3 is 2.80 bits per heavy atom. The van der Waals surface area contributed by atoms with E-state index < -0.39 is 12.1 Å². The molecule has 6 nitrogen and oxygen atoms in total. The summed E-state index contributed by atoms with van der Waals surface area (Å²) < 4.78 is 4.60. The Hall–Kier alpha value is -2.36. The number of hydrogen-bond acceptors (Lipinski definition) is 6. The third kappa shape index (κ3) is 3.53. The van der Waals surface area contributed by atoms with Crippen LogP contribution in [0.4, 0.5) is 5.82 Å².